The molecule has 0 aliphatic rings. The highest BCUT2D eigenvalue weighted by Gasteiger charge is 2.14. The van der Waals surface area contributed by atoms with Crippen LogP contribution in [-0.2, 0) is 0 Å². The van der Waals surface area contributed by atoms with Gasteiger partial charge < -0.3 is 15.5 Å². The lowest BCUT2D eigenvalue weighted by atomic mass is 10.1. The lowest BCUT2D eigenvalue weighted by Crippen LogP contribution is -2.35. The first-order valence-electron chi connectivity index (χ1n) is 7.07. The third-order valence-corrected chi connectivity index (χ3v) is 3.00. The van der Waals surface area contributed by atoms with Gasteiger partial charge in [0.25, 0.3) is 5.91 Å². The molecule has 0 unspecified atom stereocenters. The number of benzene rings is 1. The molecule has 1 rings (SSSR count). The van der Waals surface area contributed by atoms with Crippen LogP contribution in [0.1, 0.15) is 37.6 Å². The fourth-order valence-corrected chi connectivity index (χ4v) is 1.83. The molecule has 5 heteroatoms. The molecule has 5 nitrogen and oxygen atoms in total. The van der Waals surface area contributed by atoms with Gasteiger partial charge >= 0.3 is 6.03 Å². The predicted octanol–water partition coefficient (Wildman–Crippen LogP) is 2.70. The molecule has 0 aromatic heterocycles. The van der Waals surface area contributed by atoms with E-state index in [1.807, 2.05) is 20.8 Å². The van der Waals surface area contributed by atoms with Gasteiger partial charge in [-0.25, -0.2) is 4.79 Å². The number of urea groups is 1. The molecular weight excluding hydrogens is 254 g/mol. The zero-order valence-electron chi connectivity index (χ0n) is 12.4. The fourth-order valence-electron chi connectivity index (χ4n) is 1.83. The first kappa shape index (κ1) is 16.0. The van der Waals surface area contributed by atoms with Crippen molar-refractivity contribution in [3.63, 3.8) is 0 Å². The molecule has 1 aromatic carbocycles. The van der Waals surface area contributed by atoms with Crippen LogP contribution in [0.15, 0.2) is 24.3 Å². The van der Waals surface area contributed by atoms with Crippen molar-refractivity contribution in [2.45, 2.75) is 27.2 Å². The monoisotopic (exact) mass is 277 g/mol. The number of nitrogens with zero attached hydrogens (tertiary/aromatic N) is 1. The molecule has 0 fully saturated rings. The van der Waals surface area contributed by atoms with Crippen molar-refractivity contribution in [2.24, 2.45) is 0 Å². The number of para-hydroxylation sites is 1. The van der Waals surface area contributed by atoms with Crippen LogP contribution in [0.3, 0.4) is 0 Å². The Kier molecular flexibility index (Phi) is 6.56. The zero-order chi connectivity index (χ0) is 15.0. The van der Waals surface area contributed by atoms with E-state index in [0.717, 1.165) is 6.42 Å². The number of hydrogen-bond acceptors (Lipinski definition) is 2. The highest BCUT2D eigenvalue weighted by atomic mass is 16.2. The van der Waals surface area contributed by atoms with E-state index >= 15 is 0 Å². The lowest BCUT2D eigenvalue weighted by Gasteiger charge is -2.20. The van der Waals surface area contributed by atoms with Gasteiger partial charge in [0.2, 0.25) is 0 Å². The van der Waals surface area contributed by atoms with Crippen molar-refractivity contribution >= 4 is 17.6 Å². The molecule has 0 atom stereocenters. The van der Waals surface area contributed by atoms with Crippen LogP contribution in [0.4, 0.5) is 10.5 Å². The maximum absolute atomic E-state index is 12.0. The van der Waals surface area contributed by atoms with Crippen molar-refractivity contribution < 1.29 is 9.59 Å². The summed E-state index contributed by atoms with van der Waals surface area (Å²) in [5, 5.41) is 5.61. The van der Waals surface area contributed by atoms with Crippen LogP contribution >= 0.6 is 0 Å². The molecule has 0 bridgehead atoms. The summed E-state index contributed by atoms with van der Waals surface area (Å²) in [6, 6.07) is 6.85. The Hall–Kier alpha value is -2.04. The molecule has 0 saturated carbocycles. The summed E-state index contributed by atoms with van der Waals surface area (Å²) in [6.45, 7) is 7.72. The molecule has 0 saturated heterocycles. The minimum absolute atomic E-state index is 0.165. The fraction of sp³-hybridized carbons (Fsp3) is 0.467. The summed E-state index contributed by atoms with van der Waals surface area (Å²) in [4.78, 5) is 25.8. The smallest absolute Gasteiger partial charge is 0.321 e. The third-order valence-electron chi connectivity index (χ3n) is 3.00. The SMILES string of the molecule is CCCNC(=O)c1ccccc1NC(=O)N(CC)CC. The summed E-state index contributed by atoms with van der Waals surface area (Å²) >= 11 is 0. The Bertz CT molecular complexity index is 456. The van der Waals surface area contributed by atoms with Gasteiger partial charge in [0.1, 0.15) is 0 Å². The maximum Gasteiger partial charge on any atom is 0.321 e. The van der Waals surface area contributed by atoms with Gasteiger partial charge in [-0.3, -0.25) is 4.79 Å². The zero-order valence-corrected chi connectivity index (χ0v) is 12.4. The van der Waals surface area contributed by atoms with Gasteiger partial charge in [0, 0.05) is 19.6 Å². The molecular formula is C15H23N3O2. The molecule has 0 aliphatic heterocycles. The van der Waals surface area contributed by atoms with Gasteiger partial charge in [-0.15, -0.1) is 0 Å². The molecule has 3 amide bonds. The molecule has 0 aliphatic carbocycles. The van der Waals surface area contributed by atoms with E-state index in [1.165, 1.54) is 0 Å². The normalized spacial score (nSPS) is 9.95. The number of hydrogen-bond donors (Lipinski definition) is 2. The van der Waals surface area contributed by atoms with Gasteiger partial charge in [0.05, 0.1) is 11.3 Å². The summed E-state index contributed by atoms with van der Waals surface area (Å²) in [5.74, 6) is -0.165. The second-order valence-electron chi connectivity index (χ2n) is 4.40. The van der Waals surface area contributed by atoms with Crippen molar-refractivity contribution in [3.8, 4) is 0 Å². The number of nitrogens with one attached hydrogen (secondary N) is 2. The quantitative estimate of drug-likeness (QED) is 0.839. The third kappa shape index (κ3) is 4.26. The first-order chi connectivity index (χ1) is 9.63. The minimum Gasteiger partial charge on any atom is -0.352 e. The average molecular weight is 277 g/mol. The highest BCUT2D eigenvalue weighted by molar-refractivity contribution is 6.03. The molecule has 20 heavy (non-hydrogen) atoms. The summed E-state index contributed by atoms with van der Waals surface area (Å²) < 4.78 is 0. The first-order valence-corrected chi connectivity index (χ1v) is 7.07. The van der Waals surface area contributed by atoms with Gasteiger partial charge in [-0.05, 0) is 32.4 Å². The largest absolute Gasteiger partial charge is 0.352 e. The van der Waals surface area contributed by atoms with E-state index < -0.39 is 0 Å². The Morgan fingerprint density at radius 2 is 1.75 bits per heavy atom. The van der Waals surface area contributed by atoms with E-state index in [4.69, 9.17) is 0 Å². The van der Waals surface area contributed by atoms with Crippen LogP contribution in [0, 0.1) is 0 Å². The molecule has 1 aromatic rings. The van der Waals surface area contributed by atoms with E-state index in [2.05, 4.69) is 10.6 Å². The Labute approximate surface area is 120 Å². The topological polar surface area (TPSA) is 61.4 Å². The molecule has 0 heterocycles. The summed E-state index contributed by atoms with van der Waals surface area (Å²) in [6.07, 6.45) is 0.875. The number of rotatable bonds is 6. The Morgan fingerprint density at radius 1 is 1.10 bits per heavy atom. The number of amides is 3. The van der Waals surface area contributed by atoms with Gasteiger partial charge in [-0.1, -0.05) is 19.1 Å². The molecule has 2 N–H and O–H groups in total. The Balaban J connectivity index is 2.85. The summed E-state index contributed by atoms with van der Waals surface area (Å²) in [5.41, 5.74) is 1.03. The second kappa shape index (κ2) is 8.19. The van der Waals surface area contributed by atoms with E-state index in [0.29, 0.717) is 30.9 Å². The van der Waals surface area contributed by atoms with E-state index in [1.54, 1.807) is 29.2 Å². The van der Waals surface area contributed by atoms with E-state index in [-0.39, 0.29) is 11.9 Å². The minimum atomic E-state index is -0.189. The number of anilines is 1. The van der Waals surface area contributed by atoms with Crippen LogP contribution in [0.2, 0.25) is 0 Å². The van der Waals surface area contributed by atoms with Crippen LogP contribution in [0.5, 0.6) is 0 Å². The maximum atomic E-state index is 12.0. The number of carbonyl (C=O) groups is 2. The average Bonchev–Trinajstić information content (AvgIpc) is 2.46. The molecule has 0 spiro atoms. The highest BCUT2D eigenvalue weighted by Crippen LogP contribution is 2.15. The molecule has 0 radical (unpaired) electrons. The van der Waals surface area contributed by atoms with Crippen molar-refractivity contribution in [1.82, 2.24) is 10.2 Å². The summed E-state index contributed by atoms with van der Waals surface area (Å²) in [7, 11) is 0. The van der Waals surface area contributed by atoms with Crippen molar-refractivity contribution in [2.75, 3.05) is 25.0 Å². The van der Waals surface area contributed by atoms with E-state index in [9.17, 15) is 9.59 Å². The number of carbonyl (C=O) groups excluding carboxylic acids is 2. The van der Waals surface area contributed by atoms with Crippen molar-refractivity contribution in [1.29, 1.82) is 0 Å². The van der Waals surface area contributed by atoms with Crippen LogP contribution in [0.25, 0.3) is 0 Å². The van der Waals surface area contributed by atoms with Gasteiger partial charge in [0.15, 0.2) is 0 Å². The lowest BCUT2D eigenvalue weighted by molar-refractivity contribution is 0.0954. The van der Waals surface area contributed by atoms with Crippen LogP contribution < -0.4 is 10.6 Å². The van der Waals surface area contributed by atoms with Crippen LogP contribution in [-0.4, -0.2) is 36.5 Å². The predicted molar refractivity (Wildman–Crippen MR) is 81.0 cm³/mol. The molecule has 110 valence electrons. The Morgan fingerprint density at radius 3 is 2.35 bits per heavy atom. The second-order valence-corrected chi connectivity index (χ2v) is 4.40. The standard InChI is InChI=1S/C15H23N3O2/c1-4-11-16-14(19)12-9-7-8-10-13(12)17-15(20)18(5-2)6-3/h7-10H,4-6,11H2,1-3H3,(H,16,19)(H,17,20). The van der Waals surface area contributed by atoms with Gasteiger partial charge in [-0.2, -0.15) is 0 Å². The van der Waals surface area contributed by atoms with Crippen molar-refractivity contribution in [3.05, 3.63) is 29.8 Å².